The van der Waals surface area contributed by atoms with E-state index < -0.39 is 0 Å². The Hall–Kier alpha value is -1.90. The van der Waals surface area contributed by atoms with Gasteiger partial charge < -0.3 is 19.8 Å². The first-order valence-corrected chi connectivity index (χ1v) is 9.78. The first-order valence-electron chi connectivity index (χ1n) is 8.90. The van der Waals surface area contributed by atoms with Crippen molar-refractivity contribution >= 4 is 17.3 Å². The largest absolute Gasteiger partial charge is 0.444 e. The fourth-order valence-corrected chi connectivity index (χ4v) is 3.83. The highest BCUT2D eigenvalue weighted by atomic mass is 32.1. The summed E-state index contributed by atoms with van der Waals surface area (Å²) >= 11 is 1.79. The monoisotopic (exact) mass is 377 g/mol. The molecule has 2 N–H and O–H groups in total. The van der Waals surface area contributed by atoms with Crippen LogP contribution in [0.2, 0.25) is 0 Å². The highest BCUT2D eigenvalue weighted by molar-refractivity contribution is 7.10. The third-order valence-electron chi connectivity index (χ3n) is 4.52. The maximum absolute atomic E-state index is 5.61. The summed E-state index contributed by atoms with van der Waals surface area (Å²) in [5.41, 5.74) is 0.926. The Balaban J connectivity index is 1.57. The number of guanidine groups is 1. The molecule has 0 amide bonds. The third-order valence-corrected chi connectivity index (χ3v) is 5.50. The van der Waals surface area contributed by atoms with Gasteiger partial charge in [-0.15, -0.1) is 11.3 Å². The van der Waals surface area contributed by atoms with Crippen LogP contribution in [-0.2, 0) is 11.3 Å². The second kappa shape index (κ2) is 9.16. The van der Waals surface area contributed by atoms with E-state index in [9.17, 15) is 0 Å². The topological polar surface area (TPSA) is 74.9 Å². The minimum absolute atomic E-state index is 0.309. The molecular formula is C18H27N5O2S. The molecule has 2 aromatic heterocycles. The number of thiophene rings is 1. The quantitative estimate of drug-likeness (QED) is 0.593. The van der Waals surface area contributed by atoms with Crippen LogP contribution in [0.4, 0.5) is 0 Å². The number of hydrogen-bond acceptors (Lipinski definition) is 6. The van der Waals surface area contributed by atoms with Crippen molar-refractivity contribution in [3.8, 4) is 0 Å². The van der Waals surface area contributed by atoms with Crippen LogP contribution in [0.25, 0.3) is 0 Å². The molecule has 0 saturated carbocycles. The molecule has 0 spiro atoms. The van der Waals surface area contributed by atoms with Gasteiger partial charge in [0.25, 0.3) is 0 Å². The van der Waals surface area contributed by atoms with Crippen LogP contribution >= 0.6 is 11.3 Å². The number of aryl methyl sites for hydroxylation is 2. The normalized spacial score (nSPS) is 17.3. The first kappa shape index (κ1) is 18.9. The molecule has 1 fully saturated rings. The van der Waals surface area contributed by atoms with Gasteiger partial charge in [0.15, 0.2) is 5.96 Å². The average molecular weight is 378 g/mol. The van der Waals surface area contributed by atoms with E-state index in [1.807, 2.05) is 13.8 Å². The van der Waals surface area contributed by atoms with Crippen LogP contribution in [0.5, 0.6) is 0 Å². The van der Waals surface area contributed by atoms with E-state index in [0.29, 0.717) is 18.5 Å². The molecule has 1 unspecified atom stereocenters. The van der Waals surface area contributed by atoms with Gasteiger partial charge in [-0.05, 0) is 25.3 Å². The molecule has 142 valence electrons. The number of morpholine rings is 1. The number of aromatic nitrogens is 1. The summed E-state index contributed by atoms with van der Waals surface area (Å²) in [6, 6.07) is 4.61. The summed E-state index contributed by atoms with van der Waals surface area (Å²) in [5, 5.41) is 8.84. The average Bonchev–Trinajstić information content (AvgIpc) is 3.29. The number of aliphatic imine (C=N–C) groups is 1. The van der Waals surface area contributed by atoms with Crippen LogP contribution in [0.15, 0.2) is 26.9 Å². The number of nitrogens with one attached hydrogen (secondary N) is 2. The lowest BCUT2D eigenvalue weighted by Crippen LogP contribution is -2.46. The van der Waals surface area contributed by atoms with Gasteiger partial charge in [0.1, 0.15) is 5.76 Å². The second-order valence-electron chi connectivity index (χ2n) is 6.24. The Morgan fingerprint density at radius 3 is 2.77 bits per heavy atom. The highest BCUT2D eigenvalue weighted by Gasteiger charge is 2.23. The van der Waals surface area contributed by atoms with Crippen molar-refractivity contribution < 1.29 is 9.15 Å². The number of ether oxygens (including phenoxy) is 1. The van der Waals surface area contributed by atoms with E-state index in [0.717, 1.165) is 50.3 Å². The van der Waals surface area contributed by atoms with Gasteiger partial charge in [0.2, 0.25) is 5.89 Å². The third kappa shape index (κ3) is 4.84. The van der Waals surface area contributed by atoms with E-state index in [4.69, 9.17) is 9.15 Å². The fourth-order valence-electron chi connectivity index (χ4n) is 2.97. The van der Waals surface area contributed by atoms with Crippen LogP contribution in [0.1, 0.15) is 28.3 Å². The number of hydrogen-bond donors (Lipinski definition) is 2. The van der Waals surface area contributed by atoms with Gasteiger partial charge in [0, 0.05) is 31.6 Å². The van der Waals surface area contributed by atoms with E-state index in [1.54, 1.807) is 18.4 Å². The molecule has 1 aliphatic heterocycles. The SMILES string of the molecule is CN=C(NCc1nc(C)c(C)o1)NCC(c1cccs1)N1CCOCC1. The maximum atomic E-state index is 5.61. The van der Waals surface area contributed by atoms with Gasteiger partial charge in [-0.2, -0.15) is 0 Å². The van der Waals surface area contributed by atoms with Gasteiger partial charge in [-0.1, -0.05) is 6.07 Å². The van der Waals surface area contributed by atoms with Gasteiger partial charge in [-0.3, -0.25) is 9.89 Å². The lowest BCUT2D eigenvalue weighted by molar-refractivity contribution is 0.0177. The van der Waals surface area contributed by atoms with Crippen molar-refractivity contribution in [2.24, 2.45) is 4.99 Å². The minimum Gasteiger partial charge on any atom is -0.444 e. The van der Waals surface area contributed by atoms with Crippen LogP contribution in [0, 0.1) is 13.8 Å². The smallest absolute Gasteiger partial charge is 0.214 e. The minimum atomic E-state index is 0.309. The molecule has 0 aromatic carbocycles. The molecule has 26 heavy (non-hydrogen) atoms. The molecule has 8 heteroatoms. The standard InChI is InChI=1S/C18H27N5O2S/c1-13-14(2)25-17(22-13)12-21-18(19-3)20-11-15(16-5-4-10-26-16)23-6-8-24-9-7-23/h4-5,10,15H,6-9,11-12H2,1-3H3,(H2,19,20,21). The maximum Gasteiger partial charge on any atom is 0.214 e. The summed E-state index contributed by atoms with van der Waals surface area (Å²) in [7, 11) is 1.77. The molecule has 2 aromatic rings. The molecular weight excluding hydrogens is 350 g/mol. The van der Waals surface area contributed by atoms with Crippen molar-refractivity contribution in [2.45, 2.75) is 26.4 Å². The van der Waals surface area contributed by atoms with E-state index in [2.05, 4.69) is 43.0 Å². The Morgan fingerprint density at radius 2 is 2.15 bits per heavy atom. The predicted octanol–water partition coefficient (Wildman–Crippen LogP) is 2.09. The number of rotatable bonds is 6. The Bertz CT molecular complexity index is 688. The zero-order chi connectivity index (χ0) is 18.4. The Kier molecular flexibility index (Phi) is 6.65. The van der Waals surface area contributed by atoms with Crippen molar-refractivity contribution in [1.29, 1.82) is 0 Å². The molecule has 1 atom stereocenters. The zero-order valence-electron chi connectivity index (χ0n) is 15.6. The number of nitrogens with zero attached hydrogens (tertiary/aromatic N) is 3. The fraction of sp³-hybridized carbons (Fsp3) is 0.556. The van der Waals surface area contributed by atoms with Crippen LogP contribution in [0.3, 0.4) is 0 Å². The molecule has 3 rings (SSSR count). The van der Waals surface area contributed by atoms with Crippen LogP contribution < -0.4 is 10.6 Å². The Morgan fingerprint density at radius 1 is 1.35 bits per heavy atom. The van der Waals surface area contributed by atoms with Crippen molar-refractivity contribution in [1.82, 2.24) is 20.5 Å². The van der Waals surface area contributed by atoms with Gasteiger partial charge >= 0.3 is 0 Å². The zero-order valence-corrected chi connectivity index (χ0v) is 16.4. The summed E-state index contributed by atoms with van der Waals surface area (Å²) in [6.07, 6.45) is 0. The highest BCUT2D eigenvalue weighted by Crippen LogP contribution is 2.25. The van der Waals surface area contributed by atoms with Crippen molar-refractivity contribution in [2.75, 3.05) is 39.9 Å². The predicted molar refractivity (Wildman–Crippen MR) is 104 cm³/mol. The summed E-state index contributed by atoms with van der Waals surface area (Å²) in [5.74, 6) is 2.27. The number of oxazole rings is 1. The molecule has 0 bridgehead atoms. The first-order chi connectivity index (χ1) is 12.7. The molecule has 1 saturated heterocycles. The summed E-state index contributed by atoms with van der Waals surface area (Å²) in [4.78, 5) is 12.5. The molecule has 0 aliphatic carbocycles. The van der Waals surface area contributed by atoms with Crippen molar-refractivity contribution in [3.63, 3.8) is 0 Å². The van der Waals surface area contributed by atoms with Gasteiger partial charge in [-0.25, -0.2) is 4.98 Å². The molecule has 1 aliphatic rings. The molecule has 0 radical (unpaired) electrons. The molecule has 3 heterocycles. The Labute approximate surface area is 158 Å². The summed E-state index contributed by atoms with van der Waals surface area (Å²) in [6.45, 7) is 8.64. The van der Waals surface area contributed by atoms with Crippen LogP contribution in [-0.4, -0.2) is 55.7 Å². The second-order valence-corrected chi connectivity index (χ2v) is 7.21. The van der Waals surface area contributed by atoms with Crippen molar-refractivity contribution in [3.05, 3.63) is 39.7 Å². The van der Waals surface area contributed by atoms with E-state index in [1.165, 1.54) is 4.88 Å². The van der Waals surface area contributed by atoms with E-state index >= 15 is 0 Å². The summed E-state index contributed by atoms with van der Waals surface area (Å²) < 4.78 is 11.1. The molecule has 7 nitrogen and oxygen atoms in total. The lowest BCUT2D eigenvalue weighted by atomic mass is 10.2. The van der Waals surface area contributed by atoms with Gasteiger partial charge in [0.05, 0.1) is 31.5 Å². The van der Waals surface area contributed by atoms with E-state index in [-0.39, 0.29) is 0 Å². The lowest BCUT2D eigenvalue weighted by Gasteiger charge is -2.34.